The molecule has 0 saturated heterocycles. The summed E-state index contributed by atoms with van der Waals surface area (Å²) in [4.78, 5) is 48.6. The van der Waals surface area contributed by atoms with Crippen LogP contribution in [0.4, 0.5) is 0 Å². The van der Waals surface area contributed by atoms with Gasteiger partial charge in [-0.2, -0.15) is 0 Å². The zero-order valence-corrected chi connectivity index (χ0v) is 17.3. The molecule has 1 rings (SSSR count). The maximum Gasteiger partial charge on any atom is 2.00 e. The maximum absolute atomic E-state index is 12.1. The van der Waals surface area contributed by atoms with E-state index in [-0.39, 0.29) is 41.5 Å². The van der Waals surface area contributed by atoms with Crippen LogP contribution in [-0.2, 0) is 36.2 Å². The number of aliphatic carboxylic acids is 3. The van der Waals surface area contributed by atoms with Crippen molar-refractivity contribution in [2.24, 2.45) is 0 Å². The summed E-state index contributed by atoms with van der Waals surface area (Å²) in [6.07, 6.45) is 2.69. The topological polar surface area (TPSA) is 207 Å². The van der Waals surface area contributed by atoms with Crippen molar-refractivity contribution in [2.45, 2.75) is 37.8 Å². The smallest absolute Gasteiger partial charge is 0.480 e. The van der Waals surface area contributed by atoms with Crippen LogP contribution < -0.4 is 11.1 Å². The molecule has 0 heterocycles. The standard InChI is InChI=1S/C16H28N4O7.Fe.H2O/c17-5-6-18-13(21)7-19(8-14(22)23)11-3-1-2-4-12(11)20(9-15(24)25)10-16(26)27;;/h11-12H,1-10,17H2,(H,18,21)(H,22,23)(H,24,25)(H,26,27);;1H2/q;+2;/p+1/t11-,12-;;/m1../s1. The van der Waals surface area contributed by atoms with Crippen molar-refractivity contribution in [2.75, 3.05) is 39.3 Å². The van der Waals surface area contributed by atoms with Crippen LogP contribution in [0.2, 0.25) is 0 Å². The molecule has 1 fully saturated rings. The molecule has 0 aromatic rings. The molecule has 0 aromatic carbocycles. The second-order valence-corrected chi connectivity index (χ2v) is 6.61. The fourth-order valence-corrected chi connectivity index (χ4v) is 3.51. The van der Waals surface area contributed by atoms with Gasteiger partial charge in [-0.3, -0.25) is 29.0 Å². The van der Waals surface area contributed by atoms with Gasteiger partial charge in [0.15, 0.2) is 0 Å². The Kier molecular flexibility index (Phi) is 15.4. The van der Waals surface area contributed by atoms with Gasteiger partial charge in [-0.1, -0.05) is 12.8 Å². The quantitative estimate of drug-likeness (QED) is 0.183. The number of hydrogen-bond acceptors (Lipinski definition) is 6. The van der Waals surface area contributed by atoms with Crippen molar-refractivity contribution in [1.29, 1.82) is 0 Å². The van der Waals surface area contributed by atoms with E-state index in [0.717, 1.165) is 12.8 Å². The summed E-state index contributed by atoms with van der Waals surface area (Å²) in [5, 5.41) is 30.1. The number of nitrogens with one attached hydrogen (secondary N) is 1. The molecule has 1 saturated carbocycles. The van der Waals surface area contributed by atoms with Gasteiger partial charge in [0.1, 0.15) is 0 Å². The number of amides is 1. The Morgan fingerprint density at radius 2 is 1.21 bits per heavy atom. The predicted octanol–water partition coefficient (Wildman–Crippen LogP) is -3.31. The average molecular weight is 463 g/mol. The maximum atomic E-state index is 12.1. The summed E-state index contributed by atoms with van der Waals surface area (Å²) in [5.74, 6) is -3.75. The number of nitrogens with zero attached hydrogens (tertiary/aromatic N) is 2. The first-order valence-corrected chi connectivity index (χ1v) is 8.94. The Balaban J connectivity index is 0. The molecule has 9 N–H and O–H groups in total. The Morgan fingerprint density at radius 1 is 0.828 bits per heavy atom. The molecule has 1 amide bonds. The second kappa shape index (κ2) is 15.1. The minimum atomic E-state index is -1.15. The van der Waals surface area contributed by atoms with Gasteiger partial charge >= 0.3 is 35.0 Å². The molecule has 0 radical (unpaired) electrons. The third kappa shape index (κ3) is 11.1. The minimum absolute atomic E-state index is 0. The molecule has 12 nitrogen and oxygen atoms in total. The van der Waals surface area contributed by atoms with E-state index in [2.05, 4.69) is 11.1 Å². The molecule has 1 aliphatic carbocycles. The first kappa shape index (κ1) is 29.4. The first-order chi connectivity index (χ1) is 12.7. The summed E-state index contributed by atoms with van der Waals surface area (Å²) in [5.41, 5.74) is 3.63. The van der Waals surface area contributed by atoms with Gasteiger partial charge in [-0.15, -0.1) is 0 Å². The van der Waals surface area contributed by atoms with Crippen LogP contribution in [0.5, 0.6) is 0 Å². The Hall–Kier alpha value is -1.76. The van der Waals surface area contributed by atoms with Gasteiger partial charge in [0.05, 0.1) is 39.3 Å². The van der Waals surface area contributed by atoms with E-state index in [1.165, 1.54) is 9.80 Å². The Bertz CT molecular complexity index is 535. The normalized spacial score (nSPS) is 18.4. The molecule has 0 aliphatic heterocycles. The SMILES string of the molecule is O.[Fe+2].[NH3+]CCNC(=O)CN(CC(=O)O)[C@@H]1CCCC[C@H]1N(CC(=O)O)CC(=O)O. The molecule has 13 heteroatoms. The molecule has 0 unspecified atom stereocenters. The fraction of sp³-hybridized carbons (Fsp3) is 0.750. The van der Waals surface area contributed by atoms with Crippen LogP contribution in [0.15, 0.2) is 0 Å². The largest absolute Gasteiger partial charge is 2.00 e. The van der Waals surface area contributed by atoms with E-state index >= 15 is 0 Å². The summed E-state index contributed by atoms with van der Waals surface area (Å²) >= 11 is 0. The van der Waals surface area contributed by atoms with Crippen LogP contribution in [-0.4, -0.2) is 106 Å². The predicted molar refractivity (Wildman–Crippen MR) is 96.5 cm³/mol. The third-order valence-corrected chi connectivity index (χ3v) is 4.49. The van der Waals surface area contributed by atoms with Gasteiger partial charge in [0.2, 0.25) is 5.91 Å². The van der Waals surface area contributed by atoms with E-state index in [4.69, 9.17) is 10.2 Å². The number of carboxylic acids is 3. The van der Waals surface area contributed by atoms with Gasteiger partial charge in [-0.05, 0) is 12.8 Å². The summed E-state index contributed by atoms with van der Waals surface area (Å²) in [6.45, 7) is -0.571. The van der Waals surface area contributed by atoms with Crippen molar-refractivity contribution in [3.63, 3.8) is 0 Å². The van der Waals surface area contributed by atoms with E-state index in [1.54, 1.807) is 0 Å². The molecular weight excluding hydrogens is 432 g/mol. The van der Waals surface area contributed by atoms with Crippen LogP contribution >= 0.6 is 0 Å². The molecule has 0 aromatic heterocycles. The van der Waals surface area contributed by atoms with Crippen LogP contribution in [0, 0.1) is 0 Å². The van der Waals surface area contributed by atoms with Gasteiger partial charge in [-0.25, -0.2) is 0 Å². The monoisotopic (exact) mass is 463 g/mol. The minimum Gasteiger partial charge on any atom is -0.480 e. The molecule has 2 atom stereocenters. The van der Waals surface area contributed by atoms with Crippen molar-refractivity contribution in [3.05, 3.63) is 0 Å². The zero-order chi connectivity index (χ0) is 20.4. The number of carbonyl (C=O) groups is 4. The molecule has 168 valence electrons. The first-order valence-electron chi connectivity index (χ1n) is 8.94. The molecule has 29 heavy (non-hydrogen) atoms. The molecule has 1 aliphatic rings. The van der Waals surface area contributed by atoms with Crippen molar-refractivity contribution < 1.29 is 62.8 Å². The number of carbonyl (C=O) groups excluding carboxylic acids is 1. The summed E-state index contributed by atoms with van der Waals surface area (Å²) in [6, 6.07) is -0.870. The van der Waals surface area contributed by atoms with Crippen molar-refractivity contribution >= 4 is 23.8 Å². The second-order valence-electron chi connectivity index (χ2n) is 6.61. The number of carboxylic acid groups (broad SMARTS) is 3. The van der Waals surface area contributed by atoms with E-state index in [0.29, 0.717) is 25.9 Å². The van der Waals surface area contributed by atoms with Gasteiger partial charge < -0.3 is 31.8 Å². The Labute approximate surface area is 179 Å². The third-order valence-electron chi connectivity index (χ3n) is 4.49. The van der Waals surface area contributed by atoms with Crippen LogP contribution in [0.25, 0.3) is 0 Å². The summed E-state index contributed by atoms with van der Waals surface area (Å²) < 4.78 is 0. The number of quaternary nitrogens is 1. The van der Waals surface area contributed by atoms with Crippen LogP contribution in [0.3, 0.4) is 0 Å². The number of hydrogen-bond donors (Lipinski definition) is 5. The van der Waals surface area contributed by atoms with Crippen molar-refractivity contribution in [1.82, 2.24) is 15.1 Å². The summed E-state index contributed by atoms with van der Waals surface area (Å²) in [7, 11) is 0. The van der Waals surface area contributed by atoms with Gasteiger partial charge in [0.25, 0.3) is 0 Å². The van der Waals surface area contributed by atoms with Crippen molar-refractivity contribution in [3.8, 4) is 0 Å². The van der Waals surface area contributed by atoms with E-state index in [9.17, 15) is 24.3 Å². The molecular formula is C16H31FeN4O8+3. The molecule has 0 bridgehead atoms. The number of rotatable bonds is 12. The van der Waals surface area contributed by atoms with Crippen LogP contribution in [0.1, 0.15) is 25.7 Å². The fourth-order valence-electron chi connectivity index (χ4n) is 3.51. The average Bonchev–Trinajstić information content (AvgIpc) is 2.57. The van der Waals surface area contributed by atoms with Gasteiger partial charge in [0, 0.05) is 12.1 Å². The van der Waals surface area contributed by atoms with E-state index < -0.39 is 43.1 Å². The van der Waals surface area contributed by atoms with E-state index in [1.807, 2.05) is 0 Å². The Morgan fingerprint density at radius 3 is 1.55 bits per heavy atom. The zero-order valence-electron chi connectivity index (χ0n) is 16.2. The molecule has 0 spiro atoms.